The lowest BCUT2D eigenvalue weighted by molar-refractivity contribution is -0.119. The number of nitriles is 1. The Balaban J connectivity index is 0.00000243. The molecule has 0 aromatic heterocycles. The van der Waals surface area contributed by atoms with E-state index in [4.69, 9.17) is 5.73 Å². The molecule has 0 bridgehead atoms. The molecule has 6 heteroatoms. The summed E-state index contributed by atoms with van der Waals surface area (Å²) in [5.74, 6) is -0.344. The van der Waals surface area contributed by atoms with Gasteiger partial charge in [0, 0.05) is 19.1 Å². The molecule has 0 radical (unpaired) electrons. The first-order valence-corrected chi connectivity index (χ1v) is 8.48. The zero-order chi connectivity index (χ0) is 17.8. The molecule has 1 heterocycles. The minimum absolute atomic E-state index is 0. The highest BCUT2D eigenvalue weighted by molar-refractivity contribution is 5.85. The van der Waals surface area contributed by atoms with Crippen LogP contribution in [0.4, 0.5) is 5.69 Å². The summed E-state index contributed by atoms with van der Waals surface area (Å²) in [6.45, 7) is 3.39. The zero-order valence-electron chi connectivity index (χ0n) is 14.7. The van der Waals surface area contributed by atoms with Crippen molar-refractivity contribution >= 4 is 24.0 Å². The third kappa shape index (κ3) is 4.34. The lowest BCUT2D eigenvalue weighted by atomic mass is 10.0. The van der Waals surface area contributed by atoms with Crippen LogP contribution in [0.25, 0.3) is 11.1 Å². The monoisotopic (exact) mass is 370 g/mol. The van der Waals surface area contributed by atoms with Crippen molar-refractivity contribution in [1.82, 2.24) is 5.32 Å². The molecule has 136 valence electrons. The Labute approximate surface area is 160 Å². The Morgan fingerprint density at radius 2 is 2.00 bits per heavy atom. The smallest absolute Gasteiger partial charge is 0.234 e. The fourth-order valence-corrected chi connectivity index (χ4v) is 3.26. The third-order valence-electron chi connectivity index (χ3n) is 4.67. The van der Waals surface area contributed by atoms with Crippen LogP contribution in [0.5, 0.6) is 0 Å². The summed E-state index contributed by atoms with van der Waals surface area (Å²) in [5, 5.41) is 12.8. The largest absolute Gasteiger partial charge is 0.369 e. The Bertz CT molecular complexity index is 803. The average molecular weight is 371 g/mol. The van der Waals surface area contributed by atoms with Crippen molar-refractivity contribution < 1.29 is 4.79 Å². The Kier molecular flexibility index (Phi) is 6.62. The van der Waals surface area contributed by atoms with E-state index in [1.807, 2.05) is 42.5 Å². The third-order valence-corrected chi connectivity index (χ3v) is 4.67. The normalized spacial score (nSPS) is 17.2. The van der Waals surface area contributed by atoms with Crippen LogP contribution in [0.3, 0.4) is 0 Å². The molecule has 1 saturated heterocycles. The number of primary amides is 1. The summed E-state index contributed by atoms with van der Waals surface area (Å²) in [4.78, 5) is 13.4. The summed E-state index contributed by atoms with van der Waals surface area (Å²) in [7, 11) is 0. The van der Waals surface area contributed by atoms with E-state index < -0.39 is 0 Å². The molecule has 3 N–H and O–H groups in total. The first-order valence-electron chi connectivity index (χ1n) is 8.48. The number of benzene rings is 2. The van der Waals surface area contributed by atoms with Gasteiger partial charge in [-0.05, 0) is 36.6 Å². The minimum Gasteiger partial charge on any atom is -0.369 e. The summed E-state index contributed by atoms with van der Waals surface area (Å²) < 4.78 is 0. The predicted octanol–water partition coefficient (Wildman–Crippen LogP) is 2.69. The van der Waals surface area contributed by atoms with Crippen molar-refractivity contribution in [3.05, 3.63) is 54.1 Å². The maximum Gasteiger partial charge on any atom is 0.234 e. The molecule has 0 unspecified atom stereocenters. The second-order valence-corrected chi connectivity index (χ2v) is 6.43. The van der Waals surface area contributed by atoms with Crippen LogP contribution >= 0.6 is 12.4 Å². The molecule has 1 aliphatic heterocycles. The van der Waals surface area contributed by atoms with E-state index in [1.54, 1.807) is 6.92 Å². The molecule has 3 rings (SSSR count). The maximum absolute atomic E-state index is 11.2. The maximum atomic E-state index is 11.2. The molecule has 2 aromatic rings. The Morgan fingerprint density at radius 1 is 1.27 bits per heavy atom. The van der Waals surface area contributed by atoms with Gasteiger partial charge < -0.3 is 16.0 Å². The van der Waals surface area contributed by atoms with E-state index >= 15 is 0 Å². The second-order valence-electron chi connectivity index (χ2n) is 6.43. The lowest BCUT2D eigenvalue weighted by Crippen LogP contribution is -2.45. The van der Waals surface area contributed by atoms with Crippen molar-refractivity contribution in [2.24, 2.45) is 5.73 Å². The number of anilines is 1. The van der Waals surface area contributed by atoms with Crippen LogP contribution < -0.4 is 16.0 Å². The van der Waals surface area contributed by atoms with Crippen LogP contribution in [0, 0.1) is 11.3 Å². The van der Waals surface area contributed by atoms with Gasteiger partial charge >= 0.3 is 0 Å². The van der Waals surface area contributed by atoms with Gasteiger partial charge in [-0.15, -0.1) is 12.4 Å². The minimum atomic E-state index is -0.346. The van der Waals surface area contributed by atoms with Gasteiger partial charge in [-0.1, -0.05) is 36.4 Å². The average Bonchev–Trinajstić information content (AvgIpc) is 3.10. The van der Waals surface area contributed by atoms with Crippen molar-refractivity contribution in [2.75, 3.05) is 18.0 Å². The number of hydrogen-bond donors (Lipinski definition) is 2. The van der Waals surface area contributed by atoms with Crippen molar-refractivity contribution in [1.29, 1.82) is 5.26 Å². The van der Waals surface area contributed by atoms with Crippen LogP contribution in [-0.4, -0.2) is 31.1 Å². The number of rotatable bonds is 5. The topological polar surface area (TPSA) is 82.2 Å². The highest BCUT2D eigenvalue weighted by Gasteiger charge is 2.26. The molecule has 26 heavy (non-hydrogen) atoms. The van der Waals surface area contributed by atoms with Gasteiger partial charge in [-0.3, -0.25) is 4.79 Å². The first-order chi connectivity index (χ1) is 12.1. The van der Waals surface area contributed by atoms with Gasteiger partial charge in [0.2, 0.25) is 5.91 Å². The number of nitrogens with two attached hydrogens (primary N) is 1. The van der Waals surface area contributed by atoms with Gasteiger partial charge in [0.05, 0.1) is 17.3 Å². The van der Waals surface area contributed by atoms with Crippen LogP contribution in [-0.2, 0) is 4.79 Å². The van der Waals surface area contributed by atoms with Crippen LogP contribution in [0.15, 0.2) is 48.5 Å². The second kappa shape index (κ2) is 8.70. The molecule has 5 nitrogen and oxygen atoms in total. The number of amides is 1. The standard InChI is InChI=1S/C20H22N4O.ClH/c1-14(20(22)25)23-18-9-10-24(13-18)19-8-7-16(11-17(19)12-21)15-5-3-2-4-6-15;/h2-8,11,14,18,23H,9-10,13H2,1H3,(H2,22,25);1H/t14-,18-;/m0./s1. The number of nitrogens with zero attached hydrogens (tertiary/aromatic N) is 2. The van der Waals surface area contributed by atoms with E-state index in [1.165, 1.54) is 0 Å². The number of halogens is 1. The molecular weight excluding hydrogens is 348 g/mol. The molecule has 2 aromatic carbocycles. The quantitative estimate of drug-likeness (QED) is 0.847. The van der Waals surface area contributed by atoms with E-state index in [0.717, 1.165) is 36.3 Å². The van der Waals surface area contributed by atoms with Gasteiger partial charge in [0.15, 0.2) is 0 Å². The number of carbonyl (C=O) groups is 1. The molecule has 1 amide bonds. The van der Waals surface area contributed by atoms with Gasteiger partial charge in [0.25, 0.3) is 0 Å². The SMILES string of the molecule is C[C@H](N[C@H]1CCN(c2ccc(-c3ccccc3)cc2C#N)C1)C(N)=O.Cl. The first kappa shape index (κ1) is 19.8. The van der Waals surface area contributed by atoms with E-state index in [-0.39, 0.29) is 30.4 Å². The fourth-order valence-electron chi connectivity index (χ4n) is 3.26. The van der Waals surface area contributed by atoms with E-state index in [9.17, 15) is 10.1 Å². The van der Waals surface area contributed by atoms with Gasteiger partial charge in [0.1, 0.15) is 6.07 Å². The fraction of sp³-hybridized carbons (Fsp3) is 0.300. The molecule has 1 fully saturated rings. The van der Waals surface area contributed by atoms with Gasteiger partial charge in [-0.2, -0.15) is 5.26 Å². The van der Waals surface area contributed by atoms with Crippen LogP contribution in [0.1, 0.15) is 18.9 Å². The number of nitrogens with one attached hydrogen (secondary N) is 1. The van der Waals surface area contributed by atoms with Crippen LogP contribution in [0.2, 0.25) is 0 Å². The molecular formula is C20H23ClN4O. The number of hydrogen-bond acceptors (Lipinski definition) is 4. The van der Waals surface area contributed by atoms with Crippen molar-refractivity contribution in [3.63, 3.8) is 0 Å². The summed E-state index contributed by atoms with van der Waals surface area (Å²) >= 11 is 0. The number of carbonyl (C=O) groups excluding carboxylic acids is 1. The van der Waals surface area contributed by atoms with E-state index in [2.05, 4.69) is 22.4 Å². The lowest BCUT2D eigenvalue weighted by Gasteiger charge is -2.22. The molecule has 0 saturated carbocycles. The van der Waals surface area contributed by atoms with Crippen molar-refractivity contribution in [2.45, 2.75) is 25.4 Å². The molecule has 0 aliphatic carbocycles. The Morgan fingerprint density at radius 3 is 2.65 bits per heavy atom. The Hall–Kier alpha value is -2.55. The highest BCUT2D eigenvalue weighted by atomic mass is 35.5. The molecule has 0 spiro atoms. The van der Waals surface area contributed by atoms with Crippen molar-refractivity contribution in [3.8, 4) is 17.2 Å². The van der Waals surface area contributed by atoms with E-state index in [0.29, 0.717) is 5.56 Å². The summed E-state index contributed by atoms with van der Waals surface area (Å²) in [5.41, 5.74) is 9.07. The summed E-state index contributed by atoms with van der Waals surface area (Å²) in [6, 6.07) is 18.2. The molecule has 2 atom stereocenters. The predicted molar refractivity (Wildman–Crippen MR) is 106 cm³/mol. The summed E-state index contributed by atoms with van der Waals surface area (Å²) in [6.07, 6.45) is 0.920. The highest BCUT2D eigenvalue weighted by Crippen LogP contribution is 2.29. The zero-order valence-corrected chi connectivity index (χ0v) is 15.5. The molecule has 1 aliphatic rings. The van der Waals surface area contributed by atoms with Gasteiger partial charge in [-0.25, -0.2) is 0 Å².